The number of hydrogen-bond acceptors (Lipinski definition) is 4. The molecule has 8 aliphatic rings. The van der Waals surface area contributed by atoms with Gasteiger partial charge in [-0.1, -0.05) is 109 Å². The first-order valence-electron chi connectivity index (χ1n) is 18.8. The number of aryl methyl sites for hydroxylation is 8. The largest absolute Gasteiger partial charge is 0.496 e. The van der Waals surface area contributed by atoms with Crippen molar-refractivity contribution >= 4 is 11.4 Å². The highest BCUT2D eigenvalue weighted by atomic mass is 16.5. The average Bonchev–Trinajstić information content (AvgIpc) is 3.18. The monoisotopic (exact) mass is 684 g/mol. The molecule has 0 saturated heterocycles. The molecule has 0 spiro atoms. The molecule has 0 saturated carbocycles. The Balaban J connectivity index is 1.37. The van der Waals surface area contributed by atoms with E-state index in [1.165, 1.54) is 55.6 Å². The zero-order chi connectivity index (χ0) is 35.3. The summed E-state index contributed by atoms with van der Waals surface area (Å²) in [5.74, 6) is 1.96. The third-order valence-electron chi connectivity index (χ3n) is 11.1. The highest BCUT2D eigenvalue weighted by molar-refractivity contribution is 5.61. The second-order valence-corrected chi connectivity index (χ2v) is 14.3. The summed E-state index contributed by atoms with van der Waals surface area (Å²) in [4.78, 5) is 0. The van der Waals surface area contributed by atoms with Crippen LogP contribution >= 0.6 is 0 Å². The van der Waals surface area contributed by atoms with E-state index in [1.807, 2.05) is 14.2 Å². The number of para-hydroxylation sites is 2. The van der Waals surface area contributed by atoms with Crippen molar-refractivity contribution in [3.8, 4) is 11.5 Å². The van der Waals surface area contributed by atoms with Gasteiger partial charge in [-0.15, -0.1) is 0 Å². The van der Waals surface area contributed by atoms with Gasteiger partial charge in [0.05, 0.1) is 26.3 Å². The minimum absolute atomic E-state index is 0.217. The maximum absolute atomic E-state index is 6.54. The quantitative estimate of drug-likeness (QED) is 0.159. The van der Waals surface area contributed by atoms with Crippen LogP contribution in [-0.2, 0) is 51.4 Å². The van der Waals surface area contributed by atoms with Crippen LogP contribution in [0.15, 0.2) is 133 Å². The van der Waals surface area contributed by atoms with E-state index in [9.17, 15) is 0 Å². The van der Waals surface area contributed by atoms with Crippen molar-refractivity contribution in [2.45, 2.75) is 63.5 Å². The van der Waals surface area contributed by atoms with Crippen molar-refractivity contribution in [2.75, 3.05) is 24.9 Å². The number of rotatable bonds is 9. The van der Waals surface area contributed by atoms with E-state index >= 15 is 0 Å². The number of methoxy groups -OCH3 is 2. The third kappa shape index (κ3) is 7.16. The number of benzene rings is 6. The van der Waals surface area contributed by atoms with Crippen molar-refractivity contribution in [3.05, 3.63) is 189 Å². The Labute approximate surface area is 308 Å². The van der Waals surface area contributed by atoms with Crippen LogP contribution in [0.25, 0.3) is 0 Å². The Kier molecular flexibility index (Phi) is 9.97. The second-order valence-electron chi connectivity index (χ2n) is 14.3. The predicted octanol–water partition coefficient (Wildman–Crippen LogP) is 10.5. The third-order valence-corrected chi connectivity index (χ3v) is 11.1. The standard InChI is InChI=1S/C48H48N2O2/c1-51-47-39-27-23-35-17-13-33(14-18-35)21-25-37(29-31-39)43(47)45(49-41-9-5-3-6-10-41)46(50-42-11-7-4-8-12-42)44-38-26-22-34-15-19-36(20-16-34)24-28-40(32-30-38)48(44)52-2/h3-20,29-32,45-46,49-50H,21-28H2,1-2H3/t45-,46-/m1/s1. The molecule has 52 heavy (non-hydrogen) atoms. The molecule has 2 atom stereocenters. The Hall–Kier alpha value is -5.48. The Bertz CT molecular complexity index is 1950. The molecule has 0 aliphatic heterocycles. The Morgan fingerprint density at radius 3 is 1.00 bits per heavy atom. The van der Waals surface area contributed by atoms with Gasteiger partial charge in [0.15, 0.2) is 0 Å². The molecule has 8 bridgehead atoms. The SMILES string of the molecule is COc1c2ccc(c1[C@@H](Nc1ccccc1)[C@H](Nc1ccccc1)c1c3ccc(c1OC)CCc1ccc(cc1)CC3)CCc1ccc(cc1)CC2. The predicted molar refractivity (Wildman–Crippen MR) is 214 cm³/mol. The van der Waals surface area contributed by atoms with E-state index < -0.39 is 0 Å². The Morgan fingerprint density at radius 2 is 0.673 bits per heavy atom. The molecular weight excluding hydrogens is 637 g/mol. The lowest BCUT2D eigenvalue weighted by Gasteiger charge is -2.36. The zero-order valence-electron chi connectivity index (χ0n) is 30.3. The van der Waals surface area contributed by atoms with Gasteiger partial charge >= 0.3 is 0 Å². The van der Waals surface area contributed by atoms with Crippen molar-refractivity contribution in [2.24, 2.45) is 0 Å². The summed E-state index contributed by atoms with van der Waals surface area (Å²) in [6.45, 7) is 0. The highest BCUT2D eigenvalue weighted by Crippen LogP contribution is 2.47. The lowest BCUT2D eigenvalue weighted by atomic mass is 9.81. The van der Waals surface area contributed by atoms with Gasteiger partial charge in [0.1, 0.15) is 11.5 Å². The van der Waals surface area contributed by atoms with Gasteiger partial charge in [0.25, 0.3) is 0 Å². The molecule has 262 valence electrons. The molecule has 0 unspecified atom stereocenters. The number of nitrogens with one attached hydrogen (secondary N) is 2. The molecule has 0 radical (unpaired) electrons. The van der Waals surface area contributed by atoms with E-state index in [1.54, 1.807) is 0 Å². The maximum Gasteiger partial charge on any atom is 0.127 e. The molecule has 14 rings (SSSR count). The molecule has 6 aromatic rings. The van der Waals surface area contributed by atoms with Crippen molar-refractivity contribution in [3.63, 3.8) is 0 Å². The van der Waals surface area contributed by atoms with Gasteiger partial charge in [0, 0.05) is 22.5 Å². The first-order valence-corrected chi connectivity index (χ1v) is 18.8. The summed E-state index contributed by atoms with van der Waals surface area (Å²) >= 11 is 0. The van der Waals surface area contributed by atoms with Gasteiger partial charge in [-0.05, 0) is 120 Å². The summed E-state index contributed by atoms with van der Waals surface area (Å²) in [7, 11) is 3.70. The van der Waals surface area contributed by atoms with Crippen LogP contribution < -0.4 is 20.1 Å². The first-order chi connectivity index (χ1) is 25.7. The number of hydrogen-bond donors (Lipinski definition) is 2. The Morgan fingerprint density at radius 1 is 0.365 bits per heavy atom. The lowest BCUT2D eigenvalue weighted by Crippen LogP contribution is -2.29. The second kappa shape index (κ2) is 15.4. The minimum Gasteiger partial charge on any atom is -0.496 e. The van der Waals surface area contributed by atoms with Crippen LogP contribution in [0.4, 0.5) is 11.4 Å². The molecule has 4 nitrogen and oxygen atoms in total. The van der Waals surface area contributed by atoms with E-state index in [-0.39, 0.29) is 12.1 Å². The van der Waals surface area contributed by atoms with Crippen LogP contribution in [0.2, 0.25) is 0 Å². The maximum atomic E-state index is 6.54. The molecule has 6 aromatic carbocycles. The normalized spacial score (nSPS) is 14.7. The molecule has 2 N–H and O–H groups in total. The first kappa shape index (κ1) is 33.7. The summed E-state index contributed by atoms with van der Waals surface area (Å²) in [6, 6.07) is 48.6. The van der Waals surface area contributed by atoms with Gasteiger partial charge in [-0.3, -0.25) is 0 Å². The van der Waals surface area contributed by atoms with Crippen LogP contribution in [0.1, 0.15) is 67.7 Å². The van der Waals surface area contributed by atoms with Crippen molar-refractivity contribution in [1.29, 1.82) is 0 Å². The summed E-state index contributed by atoms with van der Waals surface area (Å²) in [5.41, 5.74) is 15.0. The molecule has 0 heterocycles. The topological polar surface area (TPSA) is 42.5 Å². The van der Waals surface area contributed by atoms with Gasteiger partial charge in [-0.25, -0.2) is 0 Å². The van der Waals surface area contributed by atoms with E-state index in [2.05, 4.69) is 144 Å². The summed E-state index contributed by atoms with van der Waals surface area (Å²) in [6.07, 6.45) is 7.41. The van der Waals surface area contributed by atoms with E-state index in [4.69, 9.17) is 9.47 Å². The number of anilines is 2. The van der Waals surface area contributed by atoms with E-state index in [0.717, 1.165) is 74.2 Å². The van der Waals surface area contributed by atoms with Crippen LogP contribution in [0.3, 0.4) is 0 Å². The molecular formula is C48H48N2O2. The highest BCUT2D eigenvalue weighted by Gasteiger charge is 2.35. The van der Waals surface area contributed by atoms with Gasteiger partial charge in [0.2, 0.25) is 0 Å². The van der Waals surface area contributed by atoms with Crippen molar-refractivity contribution < 1.29 is 9.47 Å². The van der Waals surface area contributed by atoms with Gasteiger partial charge < -0.3 is 20.1 Å². The molecule has 0 amide bonds. The number of ether oxygens (including phenoxy) is 2. The summed E-state index contributed by atoms with van der Waals surface area (Å²) in [5, 5.41) is 8.21. The van der Waals surface area contributed by atoms with E-state index in [0.29, 0.717) is 0 Å². The van der Waals surface area contributed by atoms with Crippen LogP contribution in [-0.4, -0.2) is 14.2 Å². The van der Waals surface area contributed by atoms with Crippen LogP contribution in [0.5, 0.6) is 11.5 Å². The molecule has 8 aliphatic carbocycles. The molecule has 0 aromatic heterocycles. The zero-order valence-corrected chi connectivity index (χ0v) is 30.3. The fraction of sp³-hybridized carbons (Fsp3) is 0.250. The average molecular weight is 685 g/mol. The van der Waals surface area contributed by atoms with Gasteiger partial charge in [-0.2, -0.15) is 0 Å². The fourth-order valence-corrected chi connectivity index (χ4v) is 8.30. The lowest BCUT2D eigenvalue weighted by molar-refractivity contribution is 0.390. The molecule has 0 fully saturated rings. The van der Waals surface area contributed by atoms with Crippen LogP contribution in [0, 0.1) is 0 Å². The minimum atomic E-state index is -0.217. The van der Waals surface area contributed by atoms with Crippen molar-refractivity contribution in [1.82, 2.24) is 0 Å². The smallest absolute Gasteiger partial charge is 0.127 e. The molecule has 4 heteroatoms. The summed E-state index contributed by atoms with van der Waals surface area (Å²) < 4.78 is 13.1. The fourth-order valence-electron chi connectivity index (χ4n) is 8.30.